The first kappa shape index (κ1) is 16.6. The molecule has 0 radical (unpaired) electrons. The maximum absolute atomic E-state index is 12.5. The van der Waals surface area contributed by atoms with E-state index in [9.17, 15) is 9.00 Å². The molecule has 2 atom stereocenters. The summed E-state index contributed by atoms with van der Waals surface area (Å²) < 4.78 is 11.2. The fourth-order valence-electron chi connectivity index (χ4n) is 2.67. The Morgan fingerprint density at radius 1 is 1.37 bits per heavy atom. The second kappa shape index (κ2) is 7.33. The fourth-order valence-corrected chi connectivity index (χ4v) is 3.76. The minimum atomic E-state index is -0.924. The van der Waals surface area contributed by atoms with E-state index in [2.05, 4.69) is 5.32 Å². The predicted octanol–water partition coefficient (Wildman–Crippen LogP) is 1.50. The third-order valence-corrected chi connectivity index (χ3v) is 5.09. The summed E-state index contributed by atoms with van der Waals surface area (Å²) in [6.45, 7) is 1.86. The van der Waals surface area contributed by atoms with Gasteiger partial charge in [0.25, 0.3) is 0 Å². The van der Waals surface area contributed by atoms with Gasteiger partial charge in [-0.05, 0) is 19.8 Å². The normalized spacial score (nSPS) is 22.0. The SMILES string of the molecule is CC(CS(C)=O)NC(=O)C1(C(N)=S)CCCCCC1. The van der Waals surface area contributed by atoms with Crippen molar-refractivity contribution >= 4 is 33.9 Å². The van der Waals surface area contributed by atoms with Crippen molar-refractivity contribution in [3.63, 3.8) is 0 Å². The monoisotopic (exact) mass is 304 g/mol. The standard InChI is InChI=1S/C13H24N2O2S2/c1-10(9-19(2)17)15-12(16)13(11(14)18)7-5-3-4-6-8-13/h10H,3-9H2,1-2H3,(H2,14,18)(H,15,16). The summed E-state index contributed by atoms with van der Waals surface area (Å²) in [7, 11) is -0.924. The van der Waals surface area contributed by atoms with Gasteiger partial charge in [-0.15, -0.1) is 0 Å². The van der Waals surface area contributed by atoms with Gasteiger partial charge in [-0.2, -0.15) is 0 Å². The summed E-state index contributed by atoms with van der Waals surface area (Å²) in [5.41, 5.74) is 5.16. The quantitative estimate of drug-likeness (QED) is 0.596. The van der Waals surface area contributed by atoms with Crippen LogP contribution in [0.15, 0.2) is 0 Å². The average molecular weight is 304 g/mol. The van der Waals surface area contributed by atoms with E-state index in [-0.39, 0.29) is 11.9 Å². The summed E-state index contributed by atoms with van der Waals surface area (Å²) in [4.78, 5) is 12.8. The molecule has 1 aliphatic carbocycles. The molecule has 0 aliphatic heterocycles. The third kappa shape index (κ3) is 4.53. The van der Waals surface area contributed by atoms with Crippen molar-refractivity contribution in [3.05, 3.63) is 0 Å². The maximum Gasteiger partial charge on any atom is 0.233 e. The Balaban J connectivity index is 2.77. The minimum Gasteiger partial charge on any atom is -0.392 e. The highest BCUT2D eigenvalue weighted by Gasteiger charge is 2.41. The topological polar surface area (TPSA) is 72.2 Å². The number of carbonyl (C=O) groups is 1. The Kier molecular flexibility index (Phi) is 6.39. The van der Waals surface area contributed by atoms with Crippen molar-refractivity contribution in [2.24, 2.45) is 11.1 Å². The van der Waals surface area contributed by atoms with Gasteiger partial charge in [0.1, 0.15) is 0 Å². The van der Waals surface area contributed by atoms with Crippen LogP contribution < -0.4 is 11.1 Å². The highest BCUT2D eigenvalue weighted by molar-refractivity contribution is 7.84. The van der Waals surface area contributed by atoms with Crippen LogP contribution in [0.1, 0.15) is 45.4 Å². The smallest absolute Gasteiger partial charge is 0.233 e. The summed E-state index contributed by atoms with van der Waals surface area (Å²) >= 11 is 5.16. The number of hydrogen-bond donors (Lipinski definition) is 2. The first-order valence-corrected chi connectivity index (χ1v) is 8.93. The number of carbonyl (C=O) groups excluding carboxylic acids is 1. The molecule has 4 nitrogen and oxygen atoms in total. The molecule has 0 aromatic carbocycles. The first-order chi connectivity index (χ1) is 8.88. The summed E-state index contributed by atoms with van der Waals surface area (Å²) in [6, 6.07) is -0.118. The van der Waals surface area contributed by atoms with Gasteiger partial charge in [-0.25, -0.2) is 0 Å². The maximum atomic E-state index is 12.5. The van der Waals surface area contributed by atoms with Gasteiger partial charge in [-0.1, -0.05) is 37.9 Å². The number of hydrogen-bond acceptors (Lipinski definition) is 3. The van der Waals surface area contributed by atoms with Gasteiger partial charge in [0.05, 0.1) is 10.4 Å². The Hall–Kier alpha value is -0.490. The molecule has 1 aliphatic rings. The molecule has 0 heterocycles. The van der Waals surface area contributed by atoms with Crippen molar-refractivity contribution in [2.45, 2.75) is 51.5 Å². The molecule has 1 amide bonds. The van der Waals surface area contributed by atoms with Crippen LogP contribution in [0.5, 0.6) is 0 Å². The molecule has 2 unspecified atom stereocenters. The Labute approximate surface area is 123 Å². The summed E-state index contributed by atoms with van der Waals surface area (Å²) in [5, 5.41) is 2.93. The lowest BCUT2D eigenvalue weighted by molar-refractivity contribution is -0.128. The zero-order chi connectivity index (χ0) is 14.5. The molecule has 1 saturated carbocycles. The van der Waals surface area contributed by atoms with Crippen LogP contribution in [0, 0.1) is 5.41 Å². The summed E-state index contributed by atoms with van der Waals surface area (Å²) in [5.74, 6) is 0.374. The molecule has 6 heteroatoms. The zero-order valence-corrected chi connectivity index (χ0v) is 13.4. The molecular formula is C13H24N2O2S2. The van der Waals surface area contributed by atoms with Gasteiger partial charge in [0, 0.05) is 28.9 Å². The average Bonchev–Trinajstić information content (AvgIpc) is 2.53. The molecule has 0 saturated heterocycles. The molecule has 0 aromatic rings. The van der Waals surface area contributed by atoms with E-state index in [0.717, 1.165) is 38.5 Å². The van der Waals surface area contributed by atoms with E-state index in [4.69, 9.17) is 18.0 Å². The van der Waals surface area contributed by atoms with Crippen molar-refractivity contribution in [1.29, 1.82) is 0 Å². The molecule has 1 rings (SSSR count). The Morgan fingerprint density at radius 2 is 1.89 bits per heavy atom. The molecule has 19 heavy (non-hydrogen) atoms. The van der Waals surface area contributed by atoms with Gasteiger partial charge in [0.2, 0.25) is 5.91 Å². The molecular weight excluding hydrogens is 280 g/mol. The fraction of sp³-hybridized carbons (Fsp3) is 0.846. The molecule has 0 bridgehead atoms. The highest BCUT2D eigenvalue weighted by atomic mass is 32.2. The van der Waals surface area contributed by atoms with Gasteiger partial charge < -0.3 is 11.1 Å². The van der Waals surface area contributed by atoms with Crippen molar-refractivity contribution in [1.82, 2.24) is 5.32 Å². The van der Waals surface area contributed by atoms with Crippen LogP contribution >= 0.6 is 12.2 Å². The lowest BCUT2D eigenvalue weighted by Crippen LogP contribution is -2.51. The van der Waals surface area contributed by atoms with E-state index in [1.807, 2.05) is 6.92 Å². The van der Waals surface area contributed by atoms with Crippen LogP contribution in [0.2, 0.25) is 0 Å². The molecule has 0 spiro atoms. The van der Waals surface area contributed by atoms with Crippen LogP contribution in [0.3, 0.4) is 0 Å². The number of thiocarbonyl (C=S) groups is 1. The second-order valence-electron chi connectivity index (χ2n) is 5.47. The van der Waals surface area contributed by atoms with Crippen LogP contribution in [-0.2, 0) is 15.6 Å². The van der Waals surface area contributed by atoms with Crippen LogP contribution in [0.25, 0.3) is 0 Å². The largest absolute Gasteiger partial charge is 0.392 e. The molecule has 0 aromatic heterocycles. The first-order valence-electron chi connectivity index (χ1n) is 6.79. The van der Waals surface area contributed by atoms with E-state index in [1.54, 1.807) is 6.26 Å². The Bertz CT molecular complexity index is 364. The van der Waals surface area contributed by atoms with E-state index in [0.29, 0.717) is 10.7 Å². The lowest BCUT2D eigenvalue weighted by atomic mass is 9.79. The van der Waals surface area contributed by atoms with Gasteiger partial charge in [-0.3, -0.25) is 9.00 Å². The van der Waals surface area contributed by atoms with Gasteiger partial charge in [0.15, 0.2) is 0 Å². The number of amides is 1. The van der Waals surface area contributed by atoms with E-state index < -0.39 is 16.2 Å². The van der Waals surface area contributed by atoms with Crippen LogP contribution in [0.4, 0.5) is 0 Å². The molecule has 110 valence electrons. The third-order valence-electron chi connectivity index (χ3n) is 3.73. The minimum absolute atomic E-state index is 0.0835. The number of rotatable bonds is 5. The zero-order valence-electron chi connectivity index (χ0n) is 11.7. The molecule has 1 fully saturated rings. The second-order valence-corrected chi connectivity index (χ2v) is 7.39. The van der Waals surface area contributed by atoms with Crippen molar-refractivity contribution < 1.29 is 9.00 Å². The predicted molar refractivity (Wildman–Crippen MR) is 83.5 cm³/mol. The molecule has 3 N–H and O–H groups in total. The van der Waals surface area contributed by atoms with E-state index in [1.165, 1.54) is 0 Å². The lowest BCUT2D eigenvalue weighted by Gasteiger charge is -2.31. The van der Waals surface area contributed by atoms with Crippen LogP contribution in [-0.4, -0.2) is 33.2 Å². The van der Waals surface area contributed by atoms with Crippen molar-refractivity contribution in [2.75, 3.05) is 12.0 Å². The summed E-state index contributed by atoms with van der Waals surface area (Å²) in [6.07, 6.45) is 7.33. The van der Waals surface area contributed by atoms with Gasteiger partial charge >= 0.3 is 0 Å². The van der Waals surface area contributed by atoms with E-state index >= 15 is 0 Å². The Morgan fingerprint density at radius 3 is 2.32 bits per heavy atom. The number of nitrogens with two attached hydrogens (primary N) is 1. The highest BCUT2D eigenvalue weighted by Crippen LogP contribution is 2.35. The number of nitrogens with one attached hydrogen (secondary N) is 1. The van der Waals surface area contributed by atoms with Crippen molar-refractivity contribution in [3.8, 4) is 0 Å².